The van der Waals surface area contributed by atoms with Crippen molar-refractivity contribution in [2.45, 2.75) is 25.3 Å². The van der Waals surface area contributed by atoms with Crippen LogP contribution >= 0.6 is 0 Å². The first-order valence-corrected chi connectivity index (χ1v) is 7.63. The molecule has 0 saturated carbocycles. The molecule has 2 heterocycles. The number of hydrogen-bond acceptors (Lipinski definition) is 4. The number of carbonyl (C=O) groups excluding carboxylic acids is 1. The summed E-state index contributed by atoms with van der Waals surface area (Å²) in [7, 11) is 1.63. The van der Waals surface area contributed by atoms with Gasteiger partial charge in [-0.05, 0) is 38.9 Å². The third-order valence-corrected chi connectivity index (χ3v) is 4.31. The lowest BCUT2D eigenvalue weighted by molar-refractivity contribution is -0.142. The highest BCUT2D eigenvalue weighted by Crippen LogP contribution is 2.19. The van der Waals surface area contributed by atoms with Gasteiger partial charge in [0.2, 0.25) is 0 Å². The molecule has 2 aliphatic rings. The fourth-order valence-electron chi connectivity index (χ4n) is 2.94. The predicted octanol–water partition coefficient (Wildman–Crippen LogP) is 0.213. The number of likely N-dealkylation sites (tertiary alicyclic amines) is 1. The molecular weight excluding hydrogens is 274 g/mol. The second-order valence-electron chi connectivity index (χ2n) is 5.79. The number of amides is 2. The van der Waals surface area contributed by atoms with Crippen molar-refractivity contribution in [1.29, 1.82) is 0 Å². The minimum atomic E-state index is -0.911. The van der Waals surface area contributed by atoms with E-state index >= 15 is 0 Å². The maximum Gasteiger partial charge on any atom is 0.317 e. The number of nitrogens with zero attached hydrogens (tertiary/aromatic N) is 2. The molecule has 2 atom stereocenters. The lowest BCUT2D eigenvalue weighted by Crippen LogP contribution is -2.48. The Labute approximate surface area is 125 Å². The summed E-state index contributed by atoms with van der Waals surface area (Å²) in [6, 6.07) is -0.612. The van der Waals surface area contributed by atoms with Crippen LogP contribution in [0, 0.1) is 5.92 Å². The van der Waals surface area contributed by atoms with E-state index in [0.717, 1.165) is 26.1 Å². The summed E-state index contributed by atoms with van der Waals surface area (Å²) in [6.07, 6.45) is 3.46. The van der Waals surface area contributed by atoms with Gasteiger partial charge in [-0.15, -0.1) is 0 Å². The van der Waals surface area contributed by atoms with Crippen LogP contribution in [0.2, 0.25) is 0 Å². The summed E-state index contributed by atoms with van der Waals surface area (Å²) >= 11 is 0. The number of ether oxygens (including phenoxy) is 1. The largest absolute Gasteiger partial charge is 0.481 e. The van der Waals surface area contributed by atoms with E-state index in [1.807, 2.05) is 0 Å². The van der Waals surface area contributed by atoms with E-state index in [2.05, 4.69) is 10.2 Å². The molecule has 0 aromatic heterocycles. The second kappa shape index (κ2) is 7.61. The van der Waals surface area contributed by atoms with Crippen molar-refractivity contribution >= 4 is 12.0 Å². The Morgan fingerprint density at radius 3 is 2.71 bits per heavy atom. The molecule has 0 aliphatic carbocycles. The predicted molar refractivity (Wildman–Crippen MR) is 77.2 cm³/mol. The van der Waals surface area contributed by atoms with Gasteiger partial charge in [-0.25, -0.2) is 4.79 Å². The lowest BCUT2D eigenvalue weighted by atomic mass is 10.0. The standard InChI is InChI=1S/C14H25N3O4/c1-16(12-10-21-9-11(12)13(18)19)14(20)15-5-4-8-17-6-2-3-7-17/h11-12H,2-10H2,1H3,(H,15,20)(H,18,19). The Bertz CT molecular complexity index is 371. The van der Waals surface area contributed by atoms with E-state index in [-0.39, 0.29) is 25.3 Å². The Morgan fingerprint density at radius 1 is 1.33 bits per heavy atom. The Balaban J connectivity index is 1.68. The summed E-state index contributed by atoms with van der Waals surface area (Å²) in [5.74, 6) is -1.54. The Morgan fingerprint density at radius 2 is 2.05 bits per heavy atom. The first kappa shape index (κ1) is 16.0. The number of urea groups is 1. The minimum absolute atomic E-state index is 0.173. The van der Waals surface area contributed by atoms with Crippen molar-refractivity contribution in [2.75, 3.05) is 46.4 Å². The van der Waals surface area contributed by atoms with E-state index in [0.29, 0.717) is 6.54 Å². The number of carboxylic acid groups (broad SMARTS) is 1. The molecule has 2 saturated heterocycles. The van der Waals surface area contributed by atoms with E-state index < -0.39 is 11.9 Å². The van der Waals surface area contributed by atoms with Crippen LogP contribution < -0.4 is 5.32 Å². The van der Waals surface area contributed by atoms with E-state index in [9.17, 15) is 9.59 Å². The van der Waals surface area contributed by atoms with Gasteiger partial charge < -0.3 is 25.0 Å². The summed E-state index contributed by atoms with van der Waals surface area (Å²) in [4.78, 5) is 27.0. The number of carbonyl (C=O) groups is 2. The van der Waals surface area contributed by atoms with E-state index in [1.54, 1.807) is 7.05 Å². The number of rotatable bonds is 6. The van der Waals surface area contributed by atoms with Crippen molar-refractivity contribution in [2.24, 2.45) is 5.92 Å². The van der Waals surface area contributed by atoms with Crippen molar-refractivity contribution in [1.82, 2.24) is 15.1 Å². The van der Waals surface area contributed by atoms with Crippen LogP contribution in [-0.4, -0.2) is 79.4 Å². The van der Waals surface area contributed by atoms with Gasteiger partial charge >= 0.3 is 12.0 Å². The number of carboxylic acids is 1. The van der Waals surface area contributed by atoms with Crippen LogP contribution in [0.1, 0.15) is 19.3 Å². The maximum atomic E-state index is 12.0. The average molecular weight is 299 g/mol. The second-order valence-corrected chi connectivity index (χ2v) is 5.79. The smallest absolute Gasteiger partial charge is 0.317 e. The van der Waals surface area contributed by atoms with E-state index in [1.165, 1.54) is 17.7 Å². The zero-order valence-corrected chi connectivity index (χ0v) is 12.6. The van der Waals surface area contributed by atoms with Crippen molar-refractivity contribution in [3.63, 3.8) is 0 Å². The molecule has 2 unspecified atom stereocenters. The average Bonchev–Trinajstić information content (AvgIpc) is 3.13. The molecule has 0 radical (unpaired) electrons. The van der Waals surface area contributed by atoms with Crippen LogP contribution in [0.15, 0.2) is 0 Å². The molecule has 2 rings (SSSR count). The minimum Gasteiger partial charge on any atom is -0.481 e. The molecule has 0 aromatic carbocycles. The molecule has 21 heavy (non-hydrogen) atoms. The number of aliphatic carboxylic acids is 1. The summed E-state index contributed by atoms with van der Waals surface area (Å²) in [5.41, 5.74) is 0. The quantitative estimate of drug-likeness (QED) is 0.685. The zero-order valence-electron chi connectivity index (χ0n) is 12.6. The first-order valence-electron chi connectivity index (χ1n) is 7.63. The van der Waals surface area contributed by atoms with Crippen molar-refractivity contribution in [3.05, 3.63) is 0 Å². The highest BCUT2D eigenvalue weighted by molar-refractivity contribution is 5.77. The highest BCUT2D eigenvalue weighted by atomic mass is 16.5. The number of nitrogens with one attached hydrogen (secondary N) is 1. The zero-order chi connectivity index (χ0) is 15.2. The molecule has 0 aromatic rings. The molecule has 7 heteroatoms. The molecule has 7 nitrogen and oxygen atoms in total. The molecule has 120 valence electrons. The van der Waals surface area contributed by atoms with Crippen LogP contribution in [-0.2, 0) is 9.53 Å². The number of likely N-dealkylation sites (N-methyl/N-ethyl adjacent to an activating group) is 1. The SMILES string of the molecule is CN(C(=O)NCCCN1CCCC1)C1COCC1C(=O)O. The van der Waals surface area contributed by atoms with Gasteiger partial charge in [0.05, 0.1) is 19.3 Å². The van der Waals surface area contributed by atoms with Gasteiger partial charge in [0, 0.05) is 13.6 Å². The van der Waals surface area contributed by atoms with Crippen LogP contribution in [0.5, 0.6) is 0 Å². The summed E-state index contributed by atoms with van der Waals surface area (Å²) in [5, 5.41) is 12.0. The third kappa shape index (κ3) is 4.31. The van der Waals surface area contributed by atoms with Gasteiger partial charge in [-0.3, -0.25) is 4.79 Å². The highest BCUT2D eigenvalue weighted by Gasteiger charge is 2.38. The van der Waals surface area contributed by atoms with Crippen LogP contribution in [0.25, 0.3) is 0 Å². The molecule has 2 fully saturated rings. The lowest BCUT2D eigenvalue weighted by Gasteiger charge is -2.26. The molecular formula is C14H25N3O4. The monoisotopic (exact) mass is 299 g/mol. The Hall–Kier alpha value is -1.34. The third-order valence-electron chi connectivity index (χ3n) is 4.31. The van der Waals surface area contributed by atoms with Gasteiger partial charge in [0.15, 0.2) is 0 Å². The van der Waals surface area contributed by atoms with Gasteiger partial charge in [0.25, 0.3) is 0 Å². The molecule has 2 N–H and O–H groups in total. The molecule has 0 spiro atoms. The normalized spacial score (nSPS) is 26.0. The van der Waals surface area contributed by atoms with Crippen LogP contribution in [0.4, 0.5) is 4.79 Å². The van der Waals surface area contributed by atoms with Gasteiger partial charge in [-0.1, -0.05) is 0 Å². The molecule has 2 aliphatic heterocycles. The number of hydrogen-bond donors (Lipinski definition) is 2. The molecule has 0 bridgehead atoms. The topological polar surface area (TPSA) is 82.1 Å². The molecule has 2 amide bonds. The van der Waals surface area contributed by atoms with Crippen molar-refractivity contribution in [3.8, 4) is 0 Å². The fourth-order valence-corrected chi connectivity index (χ4v) is 2.94. The van der Waals surface area contributed by atoms with Gasteiger partial charge in [-0.2, -0.15) is 0 Å². The maximum absolute atomic E-state index is 12.0. The van der Waals surface area contributed by atoms with E-state index in [4.69, 9.17) is 9.84 Å². The van der Waals surface area contributed by atoms with Crippen molar-refractivity contribution < 1.29 is 19.4 Å². The first-order chi connectivity index (χ1) is 10.1. The Kier molecular flexibility index (Phi) is 5.81. The van der Waals surface area contributed by atoms with Gasteiger partial charge in [0.1, 0.15) is 5.92 Å². The fraction of sp³-hybridized carbons (Fsp3) is 0.857. The summed E-state index contributed by atoms with van der Waals surface area (Å²) in [6.45, 7) is 4.40. The summed E-state index contributed by atoms with van der Waals surface area (Å²) < 4.78 is 5.19. The van der Waals surface area contributed by atoms with Crippen LogP contribution in [0.3, 0.4) is 0 Å².